The molecule has 0 aliphatic carbocycles. The first kappa shape index (κ1) is 62.2. The maximum atomic E-state index is 0. The zero-order valence-corrected chi connectivity index (χ0v) is 8.95. The second kappa shape index (κ2) is 37.1. The van der Waals surface area contributed by atoms with Gasteiger partial charge in [-0.25, -0.2) is 0 Å². The van der Waals surface area contributed by atoms with Crippen LogP contribution in [-0.4, -0.2) is 53.3 Å². The Bertz CT molecular complexity index is 11.6. The summed E-state index contributed by atoms with van der Waals surface area (Å²) in [5.41, 5.74) is 0. The summed E-state index contributed by atoms with van der Waals surface area (Å²) < 4.78 is 0. The molecule has 0 aliphatic heterocycles. The van der Waals surface area contributed by atoms with Crippen LogP contribution in [0.3, 0.4) is 0 Å². The summed E-state index contributed by atoms with van der Waals surface area (Å²) in [6, 6.07) is 0. The summed E-state index contributed by atoms with van der Waals surface area (Å²) in [6.45, 7) is 0. The summed E-state index contributed by atoms with van der Waals surface area (Å²) in [4.78, 5) is 0. The van der Waals surface area contributed by atoms with Gasteiger partial charge in [-0.2, -0.15) is 9.90 Å². The molecule has 0 rings (SSSR count). The molecule has 1 atom stereocenters. The predicted octanol–water partition coefficient (Wildman–Crippen LogP) is -0.448. The van der Waals surface area contributed by atoms with Gasteiger partial charge in [0.2, 0.25) is 0 Å². The van der Waals surface area contributed by atoms with E-state index in [1.165, 1.54) is 0 Å². The Kier molecular flexibility index (Phi) is 462. The average Bonchev–Trinajstić information content (AvgIpc) is 0. The Balaban J connectivity index is 0. The van der Waals surface area contributed by atoms with Crippen LogP contribution in [0.5, 0.6) is 0 Å². The molecule has 0 saturated carbocycles. The van der Waals surface area contributed by atoms with E-state index in [2.05, 4.69) is 0 Å². The van der Waals surface area contributed by atoms with Gasteiger partial charge in [-0.05, 0) is 0 Å². The fourth-order valence-corrected chi connectivity index (χ4v) is 0. The van der Waals surface area contributed by atoms with Crippen LogP contribution < -0.4 is 0 Å². The van der Waals surface area contributed by atoms with Crippen LogP contribution in [0.4, 0.5) is 0 Å². The molecule has 30 valence electrons. The van der Waals surface area contributed by atoms with E-state index in [4.69, 9.17) is 0 Å². The van der Waals surface area contributed by atoms with Gasteiger partial charge in [-0.15, -0.1) is 0 Å². The van der Waals surface area contributed by atoms with Gasteiger partial charge in [0.25, 0.3) is 0 Å². The first-order valence-corrected chi connectivity index (χ1v) is 0. The van der Waals surface area contributed by atoms with Crippen molar-refractivity contribution in [1.29, 1.82) is 0 Å². The molecule has 0 fully saturated rings. The van der Waals surface area contributed by atoms with Crippen molar-refractivity contribution in [3.63, 3.8) is 0 Å². The zero-order valence-electron chi connectivity index (χ0n) is 2.10. The largest absolute Gasteiger partial charge is 0.153 e. The normalized spacial score (nSPS) is 0. The summed E-state index contributed by atoms with van der Waals surface area (Å²) >= 11 is 0. The second-order valence-corrected chi connectivity index (χ2v) is 0. The van der Waals surface area contributed by atoms with Crippen molar-refractivity contribution in [1.82, 2.24) is 0 Å². The minimum atomic E-state index is 0. The third-order valence-corrected chi connectivity index (χ3v) is 0. The molecule has 4 heteroatoms. The molecule has 0 aliphatic rings. The second-order valence-electron chi connectivity index (χ2n) is 0. The Morgan fingerprint density at radius 1 is 1.00 bits per heavy atom. The van der Waals surface area contributed by atoms with Crippen LogP contribution in [0.15, 0.2) is 0 Å². The number of rotatable bonds is 0. The molecule has 0 aromatic rings. The van der Waals surface area contributed by atoms with Crippen molar-refractivity contribution in [2.75, 3.05) is 0 Å². The summed E-state index contributed by atoms with van der Waals surface area (Å²) in [6.07, 6.45) is 0. The molecule has 0 nitrogen and oxygen atoms in total. The van der Waals surface area contributed by atoms with Gasteiger partial charge in [0.15, 0.2) is 0 Å². The molecule has 0 N–H and O–H groups in total. The molecular formula is CH7AsPSbSi. The van der Waals surface area contributed by atoms with Crippen LogP contribution in [0.25, 0.3) is 0 Å². The van der Waals surface area contributed by atoms with E-state index < -0.39 is 0 Å². The molecule has 0 amide bonds. The summed E-state index contributed by atoms with van der Waals surface area (Å²) in [5, 5.41) is 0. The van der Waals surface area contributed by atoms with Crippen molar-refractivity contribution >= 4 is 63.2 Å². The van der Waals surface area contributed by atoms with Crippen molar-refractivity contribution in [3.05, 3.63) is 0 Å². The van der Waals surface area contributed by atoms with Crippen LogP contribution in [0.2, 0.25) is 0 Å². The number of hydrogen-bond acceptors (Lipinski definition) is 0. The van der Waals surface area contributed by atoms with Gasteiger partial charge in [0.1, 0.15) is 0 Å². The SMILES string of the molecule is C.P.[As].[Sb].[Si]. The Morgan fingerprint density at radius 2 is 1.00 bits per heavy atom. The zero-order chi connectivity index (χ0) is 0. The van der Waals surface area contributed by atoms with Gasteiger partial charge in [-0.3, -0.25) is 0 Å². The van der Waals surface area contributed by atoms with Crippen LogP contribution in [0.1, 0.15) is 7.43 Å². The van der Waals surface area contributed by atoms with Crippen LogP contribution in [-0.2, 0) is 0 Å². The maximum Gasteiger partial charge on any atom is 0 e. The van der Waals surface area contributed by atoms with Gasteiger partial charge >= 0.3 is 0 Å². The molecule has 1 unspecified atom stereocenters. The maximum absolute atomic E-state index is 0. The predicted molar refractivity (Wildman–Crippen MR) is 35.1 cm³/mol. The Morgan fingerprint density at radius 3 is 1.00 bits per heavy atom. The van der Waals surface area contributed by atoms with Crippen molar-refractivity contribution in [2.24, 2.45) is 0 Å². The van der Waals surface area contributed by atoms with Crippen LogP contribution >= 0.6 is 9.90 Å². The molecule has 10 radical (unpaired) electrons. The Labute approximate surface area is 70.3 Å². The minimum absolute atomic E-state index is 0. The first-order chi connectivity index (χ1) is 0. The minimum Gasteiger partial charge on any atom is -0.153 e. The molecular weight excluding hydrogens is 268 g/mol. The fourth-order valence-electron chi connectivity index (χ4n) is 0. The molecule has 0 heterocycles. The third-order valence-electron chi connectivity index (χ3n) is 0. The molecule has 0 spiro atoms. The molecule has 0 aromatic heterocycles. The number of hydrogen-bond donors (Lipinski definition) is 0. The molecule has 0 saturated heterocycles. The smallest absolute Gasteiger partial charge is 0 e. The fraction of sp³-hybridized carbons (Fsp3) is 1.00. The molecule has 0 aromatic carbocycles. The van der Waals surface area contributed by atoms with Crippen LogP contribution in [0, 0.1) is 0 Å². The molecule has 0 bridgehead atoms. The summed E-state index contributed by atoms with van der Waals surface area (Å²) in [7, 11) is 0. The first-order valence-electron chi connectivity index (χ1n) is 0. The van der Waals surface area contributed by atoms with Crippen molar-refractivity contribution in [2.45, 2.75) is 7.43 Å². The van der Waals surface area contributed by atoms with E-state index in [9.17, 15) is 0 Å². The van der Waals surface area contributed by atoms with E-state index in [0.717, 1.165) is 0 Å². The van der Waals surface area contributed by atoms with Gasteiger partial charge < -0.3 is 0 Å². The third kappa shape index (κ3) is 23.8. The van der Waals surface area contributed by atoms with Gasteiger partial charge in [-0.1, -0.05) is 7.43 Å². The molecule has 5 heavy (non-hydrogen) atoms. The van der Waals surface area contributed by atoms with E-state index in [-0.39, 0.29) is 70.7 Å². The topological polar surface area (TPSA) is 0 Å². The van der Waals surface area contributed by atoms with Crippen molar-refractivity contribution < 1.29 is 0 Å². The standard InChI is InChI=1S/CH4.As.H3P.Sb.Si/h1H4;;1H3;;. The van der Waals surface area contributed by atoms with E-state index in [1.807, 2.05) is 0 Å². The Hall–Kier alpha value is 2.02. The average molecular weight is 275 g/mol. The van der Waals surface area contributed by atoms with Gasteiger partial charge in [0.05, 0.1) is 0 Å². The van der Waals surface area contributed by atoms with Crippen molar-refractivity contribution in [3.8, 4) is 0 Å². The monoisotopic (exact) mass is 274 g/mol. The van der Waals surface area contributed by atoms with E-state index in [1.54, 1.807) is 0 Å². The van der Waals surface area contributed by atoms with E-state index >= 15 is 0 Å². The van der Waals surface area contributed by atoms with Gasteiger partial charge in [0, 0.05) is 53.3 Å². The van der Waals surface area contributed by atoms with E-state index in [0.29, 0.717) is 0 Å². The quantitative estimate of drug-likeness (QED) is 0.415. The summed E-state index contributed by atoms with van der Waals surface area (Å²) in [5.74, 6) is 0.